The Kier molecular flexibility index (Phi) is 4.96. The van der Waals surface area contributed by atoms with Crippen LogP contribution in [-0.4, -0.2) is 10.9 Å². The number of pyridine rings is 1. The number of nitrogens with one attached hydrogen (secondary N) is 1. The van der Waals surface area contributed by atoms with Gasteiger partial charge in [-0.15, -0.1) is 0 Å². The zero-order valence-corrected chi connectivity index (χ0v) is 13.8. The molecule has 1 heterocycles. The van der Waals surface area contributed by atoms with Crippen LogP contribution in [0.1, 0.15) is 44.0 Å². The molecular weight excluding hydrogens is 272 g/mol. The first-order valence-electron chi connectivity index (χ1n) is 7.66. The van der Waals surface area contributed by atoms with Gasteiger partial charge < -0.3 is 5.32 Å². The molecule has 0 saturated heterocycles. The largest absolute Gasteiger partial charge is 0.325 e. The first kappa shape index (κ1) is 16.2. The predicted molar refractivity (Wildman–Crippen MR) is 91.1 cm³/mol. The number of nitrogens with zero attached hydrogens (tertiary/aromatic N) is 1. The molecule has 0 aliphatic rings. The van der Waals surface area contributed by atoms with E-state index in [9.17, 15) is 4.79 Å². The van der Waals surface area contributed by atoms with Crippen LogP contribution in [0.5, 0.6) is 0 Å². The minimum atomic E-state index is 0.0190. The molecule has 0 aliphatic carbocycles. The smallest absolute Gasteiger partial charge is 0.224 e. The van der Waals surface area contributed by atoms with Crippen LogP contribution in [0.4, 0.5) is 5.69 Å². The van der Waals surface area contributed by atoms with Crippen LogP contribution in [0.15, 0.2) is 42.6 Å². The summed E-state index contributed by atoms with van der Waals surface area (Å²) in [4.78, 5) is 16.1. The Balaban J connectivity index is 1.87. The number of rotatable bonds is 4. The highest BCUT2D eigenvalue weighted by molar-refractivity contribution is 5.90. The molecule has 0 radical (unpaired) electrons. The van der Waals surface area contributed by atoms with Crippen molar-refractivity contribution in [3.8, 4) is 0 Å². The fourth-order valence-electron chi connectivity index (χ4n) is 2.19. The highest BCUT2D eigenvalue weighted by atomic mass is 16.1. The average molecular weight is 296 g/mol. The molecule has 1 amide bonds. The van der Waals surface area contributed by atoms with E-state index in [0.717, 1.165) is 17.8 Å². The topological polar surface area (TPSA) is 42.0 Å². The Morgan fingerprint density at radius 1 is 1.09 bits per heavy atom. The molecule has 1 aromatic heterocycles. The van der Waals surface area contributed by atoms with Crippen LogP contribution in [0.3, 0.4) is 0 Å². The van der Waals surface area contributed by atoms with Gasteiger partial charge >= 0.3 is 0 Å². The normalized spacial score (nSPS) is 11.3. The first-order chi connectivity index (χ1) is 10.3. The van der Waals surface area contributed by atoms with E-state index in [1.54, 1.807) is 6.20 Å². The lowest BCUT2D eigenvalue weighted by Gasteiger charge is -2.19. The maximum Gasteiger partial charge on any atom is 0.224 e. The Morgan fingerprint density at radius 2 is 1.77 bits per heavy atom. The fraction of sp³-hybridized carbons (Fsp3) is 0.368. The summed E-state index contributed by atoms with van der Waals surface area (Å²) in [6.45, 7) is 8.52. The molecule has 0 spiro atoms. The number of amides is 1. The van der Waals surface area contributed by atoms with E-state index in [0.29, 0.717) is 6.42 Å². The Morgan fingerprint density at radius 3 is 2.32 bits per heavy atom. The minimum Gasteiger partial charge on any atom is -0.325 e. The van der Waals surface area contributed by atoms with Gasteiger partial charge in [0.25, 0.3) is 0 Å². The minimum absolute atomic E-state index is 0.0190. The van der Waals surface area contributed by atoms with E-state index in [1.807, 2.05) is 19.1 Å². The van der Waals surface area contributed by atoms with E-state index < -0.39 is 0 Å². The summed E-state index contributed by atoms with van der Waals surface area (Å²) < 4.78 is 0. The van der Waals surface area contributed by atoms with Crippen molar-refractivity contribution in [2.75, 3.05) is 5.32 Å². The second kappa shape index (κ2) is 6.73. The molecule has 0 saturated carbocycles. The third kappa shape index (κ3) is 4.69. The quantitative estimate of drug-likeness (QED) is 0.916. The molecule has 0 atom stereocenters. The predicted octanol–water partition coefficient (Wildman–Crippen LogP) is 4.26. The summed E-state index contributed by atoms with van der Waals surface area (Å²) in [6.07, 6.45) is 2.91. The third-order valence-corrected chi connectivity index (χ3v) is 3.66. The number of anilines is 1. The molecule has 2 aromatic rings. The maximum atomic E-state index is 12.0. The molecule has 1 aromatic carbocycles. The Labute approximate surface area is 132 Å². The third-order valence-electron chi connectivity index (χ3n) is 3.66. The first-order valence-corrected chi connectivity index (χ1v) is 7.66. The van der Waals surface area contributed by atoms with Gasteiger partial charge in [-0.2, -0.15) is 0 Å². The molecule has 0 unspecified atom stereocenters. The Bertz CT molecular complexity index is 622. The van der Waals surface area contributed by atoms with Crippen LogP contribution in [0, 0.1) is 6.92 Å². The van der Waals surface area contributed by atoms with Crippen molar-refractivity contribution < 1.29 is 4.79 Å². The molecule has 1 N–H and O–H groups in total. The van der Waals surface area contributed by atoms with Crippen LogP contribution in [-0.2, 0) is 16.6 Å². The van der Waals surface area contributed by atoms with Gasteiger partial charge in [0.05, 0.1) is 11.9 Å². The highest BCUT2D eigenvalue weighted by Crippen LogP contribution is 2.22. The summed E-state index contributed by atoms with van der Waals surface area (Å²) >= 11 is 0. The van der Waals surface area contributed by atoms with Gasteiger partial charge in [0.2, 0.25) is 5.91 Å². The summed E-state index contributed by atoms with van der Waals surface area (Å²) in [7, 11) is 0. The zero-order chi connectivity index (χ0) is 16.2. The van der Waals surface area contributed by atoms with Gasteiger partial charge in [0, 0.05) is 12.1 Å². The number of benzene rings is 1. The molecule has 0 bridgehead atoms. The summed E-state index contributed by atoms with van der Waals surface area (Å²) in [5.41, 5.74) is 4.35. The number of aryl methyl sites for hydroxylation is 2. The zero-order valence-electron chi connectivity index (χ0n) is 13.8. The fourth-order valence-corrected chi connectivity index (χ4v) is 2.19. The average Bonchev–Trinajstić information content (AvgIpc) is 2.47. The molecule has 3 nitrogen and oxygen atoms in total. The van der Waals surface area contributed by atoms with Gasteiger partial charge in [-0.05, 0) is 42.0 Å². The number of hydrogen-bond acceptors (Lipinski definition) is 2. The van der Waals surface area contributed by atoms with E-state index in [1.165, 1.54) is 11.1 Å². The van der Waals surface area contributed by atoms with Crippen molar-refractivity contribution in [3.05, 3.63) is 59.4 Å². The molecule has 0 fully saturated rings. The molecule has 22 heavy (non-hydrogen) atoms. The van der Waals surface area contributed by atoms with Gasteiger partial charge in [0.15, 0.2) is 0 Å². The van der Waals surface area contributed by atoms with E-state index in [4.69, 9.17) is 0 Å². The van der Waals surface area contributed by atoms with Crippen molar-refractivity contribution in [2.24, 2.45) is 0 Å². The summed E-state index contributed by atoms with van der Waals surface area (Å²) in [6, 6.07) is 12.3. The van der Waals surface area contributed by atoms with Crippen molar-refractivity contribution in [3.63, 3.8) is 0 Å². The standard InChI is InChI=1S/C19H24N2O/c1-14-5-11-17(13-20-14)21-18(22)12-8-15-6-9-16(10-7-15)19(2,3)4/h5-7,9-11,13H,8,12H2,1-4H3,(H,21,22). The van der Waals surface area contributed by atoms with Crippen molar-refractivity contribution in [1.29, 1.82) is 0 Å². The summed E-state index contributed by atoms with van der Waals surface area (Å²) in [5.74, 6) is 0.0190. The van der Waals surface area contributed by atoms with Crippen LogP contribution in [0.25, 0.3) is 0 Å². The van der Waals surface area contributed by atoms with Crippen LogP contribution in [0.2, 0.25) is 0 Å². The molecule has 0 aliphatic heterocycles. The van der Waals surface area contributed by atoms with Gasteiger partial charge in [-0.1, -0.05) is 45.0 Å². The van der Waals surface area contributed by atoms with Crippen LogP contribution < -0.4 is 5.32 Å². The molecule has 116 valence electrons. The number of aromatic nitrogens is 1. The van der Waals surface area contributed by atoms with E-state index in [-0.39, 0.29) is 11.3 Å². The second-order valence-electron chi connectivity index (χ2n) is 6.68. The van der Waals surface area contributed by atoms with Gasteiger partial charge in [-0.25, -0.2) is 0 Å². The lowest BCUT2D eigenvalue weighted by Crippen LogP contribution is -2.13. The van der Waals surface area contributed by atoms with Crippen molar-refractivity contribution >= 4 is 11.6 Å². The van der Waals surface area contributed by atoms with Crippen molar-refractivity contribution in [1.82, 2.24) is 4.98 Å². The molecule has 3 heteroatoms. The molecule has 2 rings (SSSR count). The van der Waals surface area contributed by atoms with Crippen molar-refractivity contribution in [2.45, 2.75) is 46.0 Å². The van der Waals surface area contributed by atoms with E-state index >= 15 is 0 Å². The number of hydrogen-bond donors (Lipinski definition) is 1. The summed E-state index contributed by atoms with van der Waals surface area (Å²) in [5, 5.41) is 2.87. The maximum absolute atomic E-state index is 12.0. The van der Waals surface area contributed by atoms with E-state index in [2.05, 4.69) is 55.3 Å². The van der Waals surface area contributed by atoms with Gasteiger partial charge in [-0.3, -0.25) is 9.78 Å². The Hall–Kier alpha value is -2.16. The van der Waals surface area contributed by atoms with Crippen LogP contribution >= 0.6 is 0 Å². The number of carbonyl (C=O) groups is 1. The monoisotopic (exact) mass is 296 g/mol. The van der Waals surface area contributed by atoms with Gasteiger partial charge in [0.1, 0.15) is 0 Å². The number of carbonyl (C=O) groups excluding carboxylic acids is 1. The lowest BCUT2D eigenvalue weighted by molar-refractivity contribution is -0.116. The highest BCUT2D eigenvalue weighted by Gasteiger charge is 2.13. The molecular formula is C19H24N2O. The lowest BCUT2D eigenvalue weighted by atomic mass is 9.86. The SMILES string of the molecule is Cc1ccc(NC(=O)CCc2ccc(C(C)(C)C)cc2)cn1. The second-order valence-corrected chi connectivity index (χ2v) is 6.68.